The molecule has 0 saturated heterocycles. The Bertz CT molecular complexity index is 412. The number of nitrogens with zero attached hydrogens (tertiary/aromatic N) is 2. The van der Waals surface area contributed by atoms with Crippen molar-refractivity contribution < 1.29 is 4.39 Å². The average Bonchev–Trinajstić information content (AvgIpc) is 2.46. The summed E-state index contributed by atoms with van der Waals surface area (Å²) in [6.45, 7) is 0. The van der Waals surface area contributed by atoms with Crippen molar-refractivity contribution in [2.75, 3.05) is 12.4 Å². The molecule has 1 N–H and O–H groups in total. The van der Waals surface area contributed by atoms with Crippen LogP contribution < -0.4 is 5.32 Å². The van der Waals surface area contributed by atoms with Crippen LogP contribution in [0, 0.1) is 5.95 Å². The van der Waals surface area contributed by atoms with Crippen LogP contribution in [-0.2, 0) is 0 Å². The predicted molar refractivity (Wildman–Crippen MR) is 46.9 cm³/mol. The van der Waals surface area contributed by atoms with Crippen LogP contribution in [0.4, 0.5) is 9.52 Å². The number of halogens is 1. The molecular formula is C7H6FN3S. The maximum atomic E-state index is 12.6. The van der Waals surface area contributed by atoms with Gasteiger partial charge in [0.2, 0.25) is 5.95 Å². The van der Waals surface area contributed by atoms with Crippen molar-refractivity contribution in [3.63, 3.8) is 0 Å². The highest BCUT2D eigenvalue weighted by Crippen LogP contribution is 2.23. The summed E-state index contributed by atoms with van der Waals surface area (Å²) in [5.41, 5.74) is 0.728. The summed E-state index contributed by atoms with van der Waals surface area (Å²) in [6.07, 6.45) is 0. The van der Waals surface area contributed by atoms with Gasteiger partial charge < -0.3 is 5.32 Å². The molecule has 0 atom stereocenters. The van der Waals surface area contributed by atoms with Gasteiger partial charge in [0.05, 0.1) is 0 Å². The fourth-order valence-corrected chi connectivity index (χ4v) is 1.68. The third-order valence-electron chi connectivity index (χ3n) is 1.44. The highest BCUT2D eigenvalue weighted by molar-refractivity contribution is 7.21. The van der Waals surface area contributed by atoms with Gasteiger partial charge in [-0.15, -0.1) is 0 Å². The van der Waals surface area contributed by atoms with E-state index in [2.05, 4.69) is 15.3 Å². The lowest BCUT2D eigenvalue weighted by Crippen LogP contribution is -1.84. The zero-order valence-corrected chi connectivity index (χ0v) is 7.15. The number of thiazole rings is 1. The molecule has 2 rings (SSSR count). The molecule has 0 saturated carbocycles. The molecule has 2 aromatic rings. The van der Waals surface area contributed by atoms with Gasteiger partial charge >= 0.3 is 0 Å². The number of nitrogens with one attached hydrogen (secondary N) is 1. The van der Waals surface area contributed by atoms with E-state index in [9.17, 15) is 4.39 Å². The first-order chi connectivity index (χ1) is 5.79. The highest BCUT2D eigenvalue weighted by atomic mass is 32.1. The minimum atomic E-state index is -0.464. The van der Waals surface area contributed by atoms with Crippen molar-refractivity contribution in [1.29, 1.82) is 0 Å². The van der Waals surface area contributed by atoms with Crippen molar-refractivity contribution in [2.45, 2.75) is 0 Å². The number of aromatic nitrogens is 2. The second-order valence-electron chi connectivity index (χ2n) is 2.23. The molecular weight excluding hydrogens is 177 g/mol. The van der Waals surface area contributed by atoms with Crippen LogP contribution in [0.5, 0.6) is 0 Å². The third kappa shape index (κ3) is 1.12. The van der Waals surface area contributed by atoms with Gasteiger partial charge in [0.1, 0.15) is 10.3 Å². The largest absolute Gasteiger partial charge is 0.365 e. The van der Waals surface area contributed by atoms with E-state index in [1.165, 1.54) is 17.4 Å². The molecule has 0 aliphatic carbocycles. The van der Waals surface area contributed by atoms with E-state index in [1.807, 2.05) is 0 Å². The van der Waals surface area contributed by atoms with Crippen molar-refractivity contribution in [2.24, 2.45) is 0 Å². The predicted octanol–water partition coefficient (Wildman–Crippen LogP) is 1.87. The summed E-state index contributed by atoms with van der Waals surface area (Å²) < 4.78 is 12.6. The Morgan fingerprint density at radius 2 is 2.25 bits per heavy atom. The van der Waals surface area contributed by atoms with Gasteiger partial charge in [-0.1, -0.05) is 11.3 Å². The van der Waals surface area contributed by atoms with E-state index < -0.39 is 5.95 Å². The van der Waals surface area contributed by atoms with Crippen LogP contribution in [0.2, 0.25) is 0 Å². The van der Waals surface area contributed by atoms with E-state index in [0.29, 0.717) is 4.83 Å². The van der Waals surface area contributed by atoms with Gasteiger partial charge in [0.15, 0.2) is 5.13 Å². The lowest BCUT2D eigenvalue weighted by molar-refractivity contribution is 0.589. The van der Waals surface area contributed by atoms with E-state index in [0.717, 1.165) is 10.6 Å². The maximum Gasteiger partial charge on any atom is 0.214 e. The van der Waals surface area contributed by atoms with Gasteiger partial charge in [-0.25, -0.2) is 9.97 Å². The second-order valence-corrected chi connectivity index (χ2v) is 3.20. The summed E-state index contributed by atoms with van der Waals surface area (Å²) in [5, 5.41) is 3.63. The van der Waals surface area contributed by atoms with Crippen LogP contribution in [-0.4, -0.2) is 17.0 Å². The Morgan fingerprint density at radius 1 is 1.42 bits per heavy atom. The Balaban J connectivity index is 2.67. The molecule has 2 aromatic heterocycles. The summed E-state index contributed by atoms with van der Waals surface area (Å²) in [6, 6.07) is 2.93. The standard InChI is InChI=1S/C7H6FN3S/c1-9-7-10-4-2-3-5(8)11-6(4)12-7/h2-3H,1H3,(H,9,10). The fraction of sp³-hybridized carbons (Fsp3) is 0.143. The molecule has 62 valence electrons. The molecule has 0 fully saturated rings. The first kappa shape index (κ1) is 7.42. The van der Waals surface area contributed by atoms with E-state index in [1.54, 1.807) is 13.1 Å². The number of pyridine rings is 1. The lowest BCUT2D eigenvalue weighted by atomic mass is 10.4. The van der Waals surface area contributed by atoms with Gasteiger partial charge in [0, 0.05) is 7.05 Å². The smallest absolute Gasteiger partial charge is 0.214 e. The van der Waals surface area contributed by atoms with Crippen LogP contribution in [0.1, 0.15) is 0 Å². The van der Waals surface area contributed by atoms with Crippen molar-refractivity contribution in [3.8, 4) is 0 Å². The molecule has 3 nitrogen and oxygen atoms in total. The number of anilines is 1. The number of hydrogen-bond acceptors (Lipinski definition) is 4. The highest BCUT2D eigenvalue weighted by Gasteiger charge is 2.03. The Labute approximate surface area is 72.3 Å². The Hall–Kier alpha value is -1.23. The first-order valence-corrected chi connectivity index (χ1v) is 4.22. The molecule has 5 heteroatoms. The van der Waals surface area contributed by atoms with Crippen molar-refractivity contribution in [3.05, 3.63) is 18.1 Å². The minimum Gasteiger partial charge on any atom is -0.365 e. The zero-order chi connectivity index (χ0) is 8.55. The molecule has 0 aromatic carbocycles. The average molecular weight is 183 g/mol. The zero-order valence-electron chi connectivity index (χ0n) is 6.34. The van der Waals surface area contributed by atoms with Gasteiger partial charge in [-0.3, -0.25) is 0 Å². The molecule has 0 radical (unpaired) electrons. The van der Waals surface area contributed by atoms with Crippen LogP contribution in [0.3, 0.4) is 0 Å². The third-order valence-corrected chi connectivity index (χ3v) is 2.42. The first-order valence-electron chi connectivity index (χ1n) is 3.40. The van der Waals surface area contributed by atoms with Crippen LogP contribution in [0.15, 0.2) is 12.1 Å². The normalized spacial score (nSPS) is 10.5. The Kier molecular flexibility index (Phi) is 1.65. The molecule has 2 heterocycles. The minimum absolute atomic E-state index is 0.464. The van der Waals surface area contributed by atoms with E-state index in [4.69, 9.17) is 0 Å². The quantitative estimate of drug-likeness (QED) is 0.686. The second kappa shape index (κ2) is 2.67. The number of fused-ring (bicyclic) bond motifs is 1. The van der Waals surface area contributed by atoms with Crippen LogP contribution >= 0.6 is 11.3 Å². The van der Waals surface area contributed by atoms with Gasteiger partial charge in [0.25, 0.3) is 0 Å². The van der Waals surface area contributed by atoms with Gasteiger partial charge in [-0.2, -0.15) is 4.39 Å². The molecule has 0 bridgehead atoms. The molecule has 0 aliphatic rings. The van der Waals surface area contributed by atoms with E-state index >= 15 is 0 Å². The summed E-state index contributed by atoms with van der Waals surface area (Å²) in [4.78, 5) is 8.47. The van der Waals surface area contributed by atoms with Crippen molar-refractivity contribution >= 4 is 26.8 Å². The van der Waals surface area contributed by atoms with Crippen molar-refractivity contribution in [1.82, 2.24) is 9.97 Å². The fourth-order valence-electron chi connectivity index (χ4n) is 0.901. The summed E-state index contributed by atoms with van der Waals surface area (Å²) >= 11 is 1.34. The SMILES string of the molecule is CNc1nc2ccc(F)nc2s1. The molecule has 0 aliphatic heterocycles. The molecule has 0 spiro atoms. The molecule has 0 unspecified atom stereocenters. The van der Waals surface area contributed by atoms with Gasteiger partial charge in [-0.05, 0) is 12.1 Å². The lowest BCUT2D eigenvalue weighted by Gasteiger charge is -1.84. The number of hydrogen-bond donors (Lipinski definition) is 1. The van der Waals surface area contributed by atoms with Crippen LogP contribution in [0.25, 0.3) is 10.3 Å². The number of rotatable bonds is 1. The molecule has 0 amide bonds. The Morgan fingerprint density at radius 3 is 3.00 bits per heavy atom. The molecule has 12 heavy (non-hydrogen) atoms. The maximum absolute atomic E-state index is 12.6. The van der Waals surface area contributed by atoms with E-state index in [-0.39, 0.29) is 0 Å². The topological polar surface area (TPSA) is 37.8 Å². The summed E-state index contributed by atoms with van der Waals surface area (Å²) in [7, 11) is 1.77. The monoisotopic (exact) mass is 183 g/mol. The summed E-state index contributed by atoms with van der Waals surface area (Å²) in [5.74, 6) is -0.464.